The highest BCUT2D eigenvalue weighted by molar-refractivity contribution is 6.03. The molecule has 0 unspecified atom stereocenters. The molecule has 1 aliphatic heterocycles. The third-order valence-corrected chi connectivity index (χ3v) is 5.73. The minimum absolute atomic E-state index is 0.00409. The average molecular weight is 399 g/mol. The number of aromatic nitrogens is 1. The number of benzene rings is 1. The van der Waals surface area contributed by atoms with Gasteiger partial charge in [-0.1, -0.05) is 6.07 Å². The molecule has 1 fully saturated rings. The summed E-state index contributed by atoms with van der Waals surface area (Å²) < 4.78 is 10.2. The van der Waals surface area contributed by atoms with E-state index in [1.807, 2.05) is 25.1 Å². The largest absolute Gasteiger partial charge is 0.497 e. The Morgan fingerprint density at radius 1 is 1.10 bits per heavy atom. The van der Waals surface area contributed by atoms with Crippen molar-refractivity contribution in [3.63, 3.8) is 0 Å². The van der Waals surface area contributed by atoms with Gasteiger partial charge in [0, 0.05) is 43.6 Å². The van der Waals surface area contributed by atoms with Crippen molar-refractivity contribution in [1.29, 1.82) is 0 Å². The van der Waals surface area contributed by atoms with E-state index in [-0.39, 0.29) is 11.8 Å². The second-order valence-corrected chi connectivity index (χ2v) is 7.38. The SMILES string of the molecule is COC(=O)c1c(C)[nH]c(C(=O)[C@H](C)N2CCN(c3cccc(OC)c3)CC2)c1C. The predicted octanol–water partition coefficient (Wildman–Crippen LogP) is 2.82. The van der Waals surface area contributed by atoms with E-state index in [1.165, 1.54) is 7.11 Å². The summed E-state index contributed by atoms with van der Waals surface area (Å²) in [7, 11) is 3.01. The Hall–Kier alpha value is -2.80. The number of methoxy groups -OCH3 is 2. The number of ketones is 1. The molecule has 0 saturated carbocycles. The lowest BCUT2D eigenvalue weighted by molar-refractivity contribution is 0.0599. The van der Waals surface area contributed by atoms with Crippen molar-refractivity contribution in [1.82, 2.24) is 9.88 Å². The molecule has 7 heteroatoms. The molecular formula is C22H29N3O4. The van der Waals surface area contributed by atoms with Crippen molar-refractivity contribution in [2.75, 3.05) is 45.3 Å². The van der Waals surface area contributed by atoms with Gasteiger partial charge < -0.3 is 19.4 Å². The molecule has 1 aromatic carbocycles. The number of rotatable bonds is 6. The van der Waals surface area contributed by atoms with E-state index in [0.717, 1.165) is 37.6 Å². The van der Waals surface area contributed by atoms with Gasteiger partial charge in [-0.05, 0) is 38.5 Å². The van der Waals surface area contributed by atoms with Gasteiger partial charge in [0.05, 0.1) is 31.5 Å². The lowest BCUT2D eigenvalue weighted by Gasteiger charge is -2.38. The maximum atomic E-state index is 13.1. The fraction of sp³-hybridized carbons (Fsp3) is 0.455. The molecule has 2 aromatic rings. The fourth-order valence-corrected chi connectivity index (χ4v) is 3.95. The molecule has 2 heterocycles. The Kier molecular flexibility index (Phi) is 6.27. The number of esters is 1. The smallest absolute Gasteiger partial charge is 0.339 e. The maximum absolute atomic E-state index is 13.1. The number of ether oxygens (including phenoxy) is 2. The molecule has 1 saturated heterocycles. The molecule has 0 amide bonds. The van der Waals surface area contributed by atoms with Gasteiger partial charge in [-0.2, -0.15) is 0 Å². The number of hydrogen-bond donors (Lipinski definition) is 1. The number of anilines is 1. The molecule has 1 aliphatic rings. The van der Waals surface area contributed by atoms with E-state index in [2.05, 4.69) is 20.9 Å². The summed E-state index contributed by atoms with van der Waals surface area (Å²) >= 11 is 0. The van der Waals surface area contributed by atoms with Gasteiger partial charge >= 0.3 is 5.97 Å². The van der Waals surface area contributed by atoms with Crippen LogP contribution in [0.1, 0.15) is 39.0 Å². The highest BCUT2D eigenvalue weighted by Crippen LogP contribution is 2.24. The molecule has 1 aromatic heterocycles. The summed E-state index contributed by atoms with van der Waals surface area (Å²) in [5.74, 6) is 0.415. The first-order valence-electron chi connectivity index (χ1n) is 9.82. The number of nitrogens with one attached hydrogen (secondary N) is 1. The molecular weight excluding hydrogens is 370 g/mol. The van der Waals surface area contributed by atoms with E-state index in [4.69, 9.17) is 9.47 Å². The Labute approximate surface area is 171 Å². The molecule has 0 radical (unpaired) electrons. The summed E-state index contributed by atoms with van der Waals surface area (Å²) in [6.07, 6.45) is 0. The van der Waals surface area contributed by atoms with Crippen molar-refractivity contribution in [2.45, 2.75) is 26.8 Å². The van der Waals surface area contributed by atoms with E-state index in [0.29, 0.717) is 22.5 Å². The van der Waals surface area contributed by atoms with Crippen molar-refractivity contribution in [2.24, 2.45) is 0 Å². The summed E-state index contributed by atoms with van der Waals surface area (Å²) in [5, 5.41) is 0. The predicted molar refractivity (Wildman–Crippen MR) is 112 cm³/mol. The van der Waals surface area contributed by atoms with Gasteiger partial charge in [-0.3, -0.25) is 9.69 Å². The molecule has 156 valence electrons. The van der Waals surface area contributed by atoms with Crippen LogP contribution in [0, 0.1) is 13.8 Å². The molecule has 7 nitrogen and oxygen atoms in total. The second kappa shape index (κ2) is 8.69. The van der Waals surface area contributed by atoms with Gasteiger partial charge in [0.1, 0.15) is 5.75 Å². The monoisotopic (exact) mass is 399 g/mol. The minimum Gasteiger partial charge on any atom is -0.497 e. The number of carbonyl (C=O) groups is 2. The average Bonchev–Trinajstić information content (AvgIpc) is 3.06. The van der Waals surface area contributed by atoms with E-state index >= 15 is 0 Å². The quantitative estimate of drug-likeness (QED) is 0.595. The standard InChI is InChI=1S/C22H29N3O4/c1-14-19(22(27)29-5)15(2)23-20(14)21(26)16(3)24-9-11-25(12-10-24)17-7-6-8-18(13-17)28-4/h6-8,13,16,23H,9-12H2,1-5H3/t16-/m0/s1. The summed E-state index contributed by atoms with van der Waals surface area (Å²) in [5.41, 5.74) is 3.38. The van der Waals surface area contributed by atoms with Crippen molar-refractivity contribution in [3.05, 3.63) is 46.8 Å². The van der Waals surface area contributed by atoms with Crippen molar-refractivity contribution >= 4 is 17.4 Å². The van der Waals surface area contributed by atoms with Gasteiger partial charge in [-0.15, -0.1) is 0 Å². The molecule has 3 rings (SSSR count). The third-order valence-electron chi connectivity index (χ3n) is 5.73. The fourth-order valence-electron chi connectivity index (χ4n) is 3.95. The summed E-state index contributed by atoms with van der Waals surface area (Å²) in [4.78, 5) is 32.7. The number of piperazine rings is 1. The minimum atomic E-state index is -0.421. The summed E-state index contributed by atoms with van der Waals surface area (Å²) in [6.45, 7) is 8.74. The number of carbonyl (C=O) groups excluding carboxylic acids is 2. The first kappa shape index (κ1) is 20.9. The van der Waals surface area contributed by atoms with E-state index < -0.39 is 5.97 Å². The van der Waals surface area contributed by atoms with Crippen LogP contribution in [0.25, 0.3) is 0 Å². The number of H-pyrrole nitrogens is 1. The lowest BCUT2D eigenvalue weighted by atomic mass is 10.0. The highest BCUT2D eigenvalue weighted by Gasteiger charge is 2.30. The molecule has 1 N–H and O–H groups in total. The topological polar surface area (TPSA) is 74.9 Å². The van der Waals surface area contributed by atoms with E-state index in [1.54, 1.807) is 21.0 Å². The van der Waals surface area contributed by atoms with Crippen molar-refractivity contribution in [3.8, 4) is 5.75 Å². The third kappa shape index (κ3) is 4.15. The maximum Gasteiger partial charge on any atom is 0.339 e. The number of aromatic amines is 1. The number of nitrogens with zero attached hydrogens (tertiary/aromatic N) is 2. The molecule has 0 bridgehead atoms. The van der Waals surface area contributed by atoms with Crippen LogP contribution in [0.4, 0.5) is 5.69 Å². The van der Waals surface area contributed by atoms with Gasteiger partial charge in [0.25, 0.3) is 0 Å². The van der Waals surface area contributed by atoms with Crippen LogP contribution in [0.2, 0.25) is 0 Å². The zero-order chi connectivity index (χ0) is 21.1. The number of aryl methyl sites for hydroxylation is 1. The van der Waals surface area contributed by atoms with Crippen LogP contribution in [-0.4, -0.2) is 68.1 Å². The zero-order valence-corrected chi connectivity index (χ0v) is 17.7. The van der Waals surface area contributed by atoms with Crippen LogP contribution in [0.5, 0.6) is 5.75 Å². The second-order valence-electron chi connectivity index (χ2n) is 7.38. The van der Waals surface area contributed by atoms with Gasteiger partial charge in [-0.25, -0.2) is 4.79 Å². The van der Waals surface area contributed by atoms with E-state index in [9.17, 15) is 9.59 Å². The van der Waals surface area contributed by atoms with Crippen LogP contribution in [0.3, 0.4) is 0 Å². The van der Waals surface area contributed by atoms with Crippen molar-refractivity contribution < 1.29 is 19.1 Å². The number of Topliss-reactive ketones (excluding diaryl/α,β-unsaturated/α-hetero) is 1. The Morgan fingerprint density at radius 2 is 1.79 bits per heavy atom. The first-order valence-corrected chi connectivity index (χ1v) is 9.82. The Morgan fingerprint density at radius 3 is 2.41 bits per heavy atom. The molecule has 0 spiro atoms. The number of hydrogen-bond acceptors (Lipinski definition) is 6. The van der Waals surface area contributed by atoms with Crippen LogP contribution in [0.15, 0.2) is 24.3 Å². The highest BCUT2D eigenvalue weighted by atomic mass is 16.5. The molecule has 29 heavy (non-hydrogen) atoms. The molecule has 0 aliphatic carbocycles. The normalized spacial score (nSPS) is 15.8. The van der Waals surface area contributed by atoms with Crippen LogP contribution in [-0.2, 0) is 4.74 Å². The molecule has 1 atom stereocenters. The lowest BCUT2D eigenvalue weighted by Crippen LogP contribution is -2.51. The van der Waals surface area contributed by atoms with Crippen LogP contribution < -0.4 is 9.64 Å². The Balaban J connectivity index is 1.68. The zero-order valence-electron chi connectivity index (χ0n) is 17.7. The summed E-state index contributed by atoms with van der Waals surface area (Å²) in [6, 6.07) is 7.76. The van der Waals surface area contributed by atoms with Crippen LogP contribution >= 0.6 is 0 Å². The van der Waals surface area contributed by atoms with Gasteiger partial charge in [0.2, 0.25) is 0 Å². The van der Waals surface area contributed by atoms with Gasteiger partial charge in [0.15, 0.2) is 5.78 Å². The Bertz CT molecular complexity index is 897. The first-order chi connectivity index (χ1) is 13.9.